The zero-order valence-electron chi connectivity index (χ0n) is 30.8. The maximum Gasteiger partial charge on any atom is 0.162 e. The van der Waals surface area contributed by atoms with Gasteiger partial charge in [0.1, 0.15) is 0 Å². The molecule has 3 nitrogen and oxygen atoms in total. The largest absolute Gasteiger partial charge is 0.512 e. The minimum atomic E-state index is 0. The van der Waals surface area contributed by atoms with Crippen LogP contribution in [0.2, 0.25) is 0 Å². The number of carbonyl (C=O) groups is 1. The van der Waals surface area contributed by atoms with Gasteiger partial charge in [-0.2, -0.15) is 0 Å². The fourth-order valence-electron chi connectivity index (χ4n) is 6.45. The molecule has 5 rings (SSSR count). The molecule has 1 radical (unpaired) electrons. The van der Waals surface area contributed by atoms with E-state index in [0.717, 1.165) is 48.7 Å². The van der Waals surface area contributed by atoms with Crippen LogP contribution in [-0.4, -0.2) is 15.9 Å². The van der Waals surface area contributed by atoms with Crippen LogP contribution in [0.4, 0.5) is 0 Å². The predicted octanol–water partition coefficient (Wildman–Crippen LogP) is 12.9. The molecule has 2 heterocycles. The Bertz CT molecular complexity index is 1850. The summed E-state index contributed by atoms with van der Waals surface area (Å²) < 4.78 is 1.36. The quantitative estimate of drug-likeness (QED) is 0.0818. The molecule has 3 aromatic carbocycles. The molecule has 0 aliphatic carbocycles. The first-order valence-electron chi connectivity index (χ1n) is 17.8. The molecule has 263 valence electrons. The third kappa shape index (κ3) is 10.2. The molecule has 0 fully saturated rings. The van der Waals surface area contributed by atoms with E-state index < -0.39 is 0 Å². The normalized spacial score (nSPS) is 12.0. The number of carbonyl (C=O) groups excluding carboxylic acids is 1. The number of nitrogens with zero attached hydrogens (tertiary/aromatic N) is 1. The van der Waals surface area contributed by atoms with Crippen molar-refractivity contribution in [1.29, 1.82) is 0 Å². The Kier molecular flexibility index (Phi) is 15.0. The standard InChI is InChI=1S/C31H30NS.C13H24O2.Ir/c1-20(2)14-24-16-23(19-30-27(24)11-13-33-30)21-10-12-32-29(18-21)25-15-22-8-6-7-9-26(22)28(17-25)31(3,4)5;1-5-10(6-2)12(14)9-13(15)11(7-3)8-4;/h6-13,16-20H,14H2,1-5H3;9-11,14H,5-8H2,1-4H3;/q-1;;/b;12-9-;. The first kappa shape index (κ1) is 40.3. The second kappa shape index (κ2) is 18.2. The van der Waals surface area contributed by atoms with Gasteiger partial charge in [0.05, 0.1) is 5.76 Å². The van der Waals surface area contributed by atoms with Crippen molar-refractivity contribution in [3.8, 4) is 22.4 Å². The fraction of sp³-hybridized carbons (Fsp3) is 0.409. The van der Waals surface area contributed by atoms with Crippen molar-refractivity contribution in [1.82, 2.24) is 4.98 Å². The Morgan fingerprint density at radius 2 is 1.55 bits per heavy atom. The summed E-state index contributed by atoms with van der Waals surface area (Å²) in [5.74, 6) is 1.17. The maximum absolute atomic E-state index is 11.7. The van der Waals surface area contributed by atoms with Gasteiger partial charge < -0.3 is 5.11 Å². The molecule has 0 aliphatic rings. The summed E-state index contributed by atoms with van der Waals surface area (Å²) in [6, 6.07) is 25.8. The molecule has 49 heavy (non-hydrogen) atoms. The van der Waals surface area contributed by atoms with Crippen LogP contribution in [0.5, 0.6) is 0 Å². The number of allylic oxidation sites excluding steroid dienone is 2. The molecule has 0 unspecified atom stereocenters. The third-order valence-corrected chi connectivity index (χ3v) is 10.2. The summed E-state index contributed by atoms with van der Waals surface area (Å²) >= 11 is 1.82. The molecular formula is C44H54IrNO2S-. The Morgan fingerprint density at radius 3 is 2.18 bits per heavy atom. The predicted molar refractivity (Wildman–Crippen MR) is 208 cm³/mol. The van der Waals surface area contributed by atoms with Crippen molar-refractivity contribution in [3.63, 3.8) is 0 Å². The number of hydrogen-bond donors (Lipinski definition) is 1. The van der Waals surface area contributed by atoms with Crippen LogP contribution in [0.25, 0.3) is 43.2 Å². The van der Waals surface area contributed by atoms with Crippen LogP contribution in [0.1, 0.15) is 99.1 Å². The van der Waals surface area contributed by atoms with E-state index in [0.29, 0.717) is 5.92 Å². The Labute approximate surface area is 312 Å². The number of aliphatic hydroxyl groups excluding tert-OH is 1. The van der Waals surface area contributed by atoms with Crippen molar-refractivity contribution in [2.45, 2.75) is 99.8 Å². The van der Waals surface area contributed by atoms with Crippen molar-refractivity contribution in [3.05, 3.63) is 101 Å². The van der Waals surface area contributed by atoms with Gasteiger partial charge in [0.15, 0.2) is 5.78 Å². The van der Waals surface area contributed by atoms with Crippen LogP contribution in [0, 0.1) is 23.8 Å². The zero-order valence-corrected chi connectivity index (χ0v) is 34.0. The van der Waals surface area contributed by atoms with Crippen LogP contribution in [0.3, 0.4) is 0 Å². The first-order chi connectivity index (χ1) is 22.9. The van der Waals surface area contributed by atoms with Crippen molar-refractivity contribution in [2.24, 2.45) is 17.8 Å². The van der Waals surface area contributed by atoms with Gasteiger partial charge in [-0.3, -0.25) is 9.78 Å². The molecule has 0 atom stereocenters. The average molecular weight is 853 g/mol. The van der Waals surface area contributed by atoms with Gasteiger partial charge >= 0.3 is 0 Å². The topological polar surface area (TPSA) is 50.2 Å². The van der Waals surface area contributed by atoms with Gasteiger partial charge in [-0.1, -0.05) is 104 Å². The van der Waals surface area contributed by atoms with Gasteiger partial charge in [0.25, 0.3) is 0 Å². The monoisotopic (exact) mass is 853 g/mol. The minimum Gasteiger partial charge on any atom is -0.512 e. The number of rotatable bonds is 11. The van der Waals surface area contributed by atoms with E-state index in [9.17, 15) is 9.90 Å². The molecule has 2 aromatic heterocycles. The molecule has 0 saturated heterocycles. The van der Waals surface area contributed by atoms with Crippen LogP contribution in [-0.2, 0) is 36.7 Å². The summed E-state index contributed by atoms with van der Waals surface area (Å²) in [6.45, 7) is 19.5. The number of aromatic nitrogens is 1. The van der Waals surface area contributed by atoms with E-state index in [2.05, 4.69) is 107 Å². The number of thiophene rings is 1. The Morgan fingerprint density at radius 1 is 0.878 bits per heavy atom. The van der Waals surface area contributed by atoms with E-state index >= 15 is 0 Å². The van der Waals surface area contributed by atoms with E-state index in [1.54, 1.807) is 0 Å². The maximum atomic E-state index is 11.7. The summed E-state index contributed by atoms with van der Waals surface area (Å²) in [5.41, 5.74) is 7.31. The van der Waals surface area contributed by atoms with Crippen LogP contribution >= 0.6 is 11.3 Å². The number of hydrogen-bond acceptors (Lipinski definition) is 4. The summed E-state index contributed by atoms with van der Waals surface area (Å²) in [5, 5.41) is 15.8. The van der Waals surface area contributed by atoms with Gasteiger partial charge in [0.2, 0.25) is 0 Å². The molecule has 0 saturated carbocycles. The second-order valence-electron chi connectivity index (χ2n) is 14.4. The summed E-state index contributed by atoms with van der Waals surface area (Å²) in [6.07, 6.45) is 7.93. The average Bonchev–Trinajstić information content (AvgIpc) is 3.54. The molecule has 0 spiro atoms. The number of pyridine rings is 1. The van der Waals surface area contributed by atoms with Gasteiger partial charge in [-0.05, 0) is 89.1 Å². The van der Waals surface area contributed by atoms with Crippen molar-refractivity contribution < 1.29 is 30.0 Å². The minimum absolute atomic E-state index is 0. The summed E-state index contributed by atoms with van der Waals surface area (Å²) in [7, 11) is 0. The zero-order chi connectivity index (χ0) is 35.0. The number of aliphatic hydroxyl groups is 1. The molecule has 0 aliphatic heterocycles. The summed E-state index contributed by atoms with van der Waals surface area (Å²) in [4.78, 5) is 16.5. The van der Waals surface area contributed by atoms with E-state index in [1.165, 1.54) is 43.8 Å². The van der Waals surface area contributed by atoms with Gasteiger partial charge in [-0.15, -0.1) is 40.5 Å². The molecule has 5 heteroatoms. The number of ketones is 1. The van der Waals surface area contributed by atoms with Crippen LogP contribution < -0.4 is 0 Å². The Balaban J connectivity index is 0.000000347. The SMILES string of the molecule is CC(C)Cc1cc(-c2ccnc(-c3[c-]c4ccccc4c(C(C)(C)C)c3)c2)cc2sccc12.CCC(CC)C(=O)/C=C(\O)C(CC)CC.[Ir]. The fourth-order valence-corrected chi connectivity index (χ4v) is 7.32. The van der Waals surface area contributed by atoms with Crippen molar-refractivity contribution in [2.75, 3.05) is 0 Å². The molecule has 0 amide bonds. The number of benzene rings is 3. The Hall–Kier alpha value is -3.11. The third-order valence-electron chi connectivity index (χ3n) is 9.32. The van der Waals surface area contributed by atoms with Crippen molar-refractivity contribution >= 4 is 38.0 Å². The number of fused-ring (bicyclic) bond motifs is 2. The molecular weight excluding hydrogens is 799 g/mol. The van der Waals surface area contributed by atoms with E-state index in [-0.39, 0.29) is 48.9 Å². The van der Waals surface area contributed by atoms with Gasteiger partial charge in [-0.25, -0.2) is 0 Å². The smallest absolute Gasteiger partial charge is 0.162 e. The van der Waals surface area contributed by atoms with Gasteiger partial charge in [0, 0.05) is 54.6 Å². The first-order valence-corrected chi connectivity index (χ1v) is 18.6. The second-order valence-corrected chi connectivity index (χ2v) is 15.3. The van der Waals surface area contributed by atoms with E-state index in [4.69, 9.17) is 4.98 Å². The molecule has 1 N–H and O–H groups in total. The molecule has 0 bridgehead atoms. The molecule has 5 aromatic rings. The van der Waals surface area contributed by atoms with E-state index in [1.807, 2.05) is 45.2 Å². The van der Waals surface area contributed by atoms with Crippen LogP contribution in [0.15, 0.2) is 84.1 Å².